The highest BCUT2D eigenvalue weighted by Crippen LogP contribution is 2.24. The Morgan fingerprint density at radius 3 is 2.85 bits per heavy atom. The van der Waals surface area contributed by atoms with E-state index < -0.39 is 0 Å². The summed E-state index contributed by atoms with van der Waals surface area (Å²) in [6.07, 6.45) is 2.11. The minimum Gasteiger partial charge on any atom is -0.311 e. The Labute approximate surface area is 125 Å². The van der Waals surface area contributed by atoms with E-state index in [1.54, 1.807) is 0 Å². The van der Waals surface area contributed by atoms with Crippen molar-refractivity contribution in [1.82, 2.24) is 10.3 Å². The Kier molecular flexibility index (Phi) is 4.79. The molecular formula is C17H21ClN2. The lowest BCUT2D eigenvalue weighted by Gasteiger charge is -2.13. The first kappa shape index (κ1) is 15.0. The van der Waals surface area contributed by atoms with E-state index in [1.165, 1.54) is 11.1 Å². The van der Waals surface area contributed by atoms with Gasteiger partial charge in [0.05, 0.1) is 5.52 Å². The number of aryl methyl sites for hydroxylation is 1. The summed E-state index contributed by atoms with van der Waals surface area (Å²) >= 11 is 6.31. The highest BCUT2D eigenvalue weighted by Gasteiger charge is 2.06. The van der Waals surface area contributed by atoms with E-state index in [0.717, 1.165) is 23.0 Å². The zero-order valence-corrected chi connectivity index (χ0v) is 13.3. The molecule has 2 nitrogen and oxygen atoms in total. The van der Waals surface area contributed by atoms with E-state index in [4.69, 9.17) is 11.6 Å². The number of rotatable bonds is 4. The van der Waals surface area contributed by atoms with Gasteiger partial charge in [-0.1, -0.05) is 42.3 Å². The van der Waals surface area contributed by atoms with Crippen molar-refractivity contribution in [2.45, 2.75) is 33.7 Å². The van der Waals surface area contributed by atoms with Gasteiger partial charge < -0.3 is 5.32 Å². The highest BCUT2D eigenvalue weighted by atomic mass is 35.5. The summed E-state index contributed by atoms with van der Waals surface area (Å²) < 4.78 is 0. The van der Waals surface area contributed by atoms with Gasteiger partial charge in [0.15, 0.2) is 0 Å². The van der Waals surface area contributed by atoms with Crippen LogP contribution in [0.4, 0.5) is 0 Å². The molecule has 0 amide bonds. The Bertz CT molecular complexity index is 647. The van der Waals surface area contributed by atoms with Crippen LogP contribution in [0.25, 0.3) is 17.0 Å². The van der Waals surface area contributed by atoms with Crippen molar-refractivity contribution in [3.05, 3.63) is 46.1 Å². The van der Waals surface area contributed by atoms with Crippen molar-refractivity contribution in [2.75, 3.05) is 6.54 Å². The van der Waals surface area contributed by atoms with Crippen molar-refractivity contribution in [1.29, 1.82) is 0 Å². The molecule has 1 atom stereocenters. The second-order valence-corrected chi connectivity index (χ2v) is 5.59. The summed E-state index contributed by atoms with van der Waals surface area (Å²) in [5, 5.41) is 5.08. The van der Waals surface area contributed by atoms with Crippen molar-refractivity contribution in [2.24, 2.45) is 0 Å². The predicted molar refractivity (Wildman–Crippen MR) is 88.3 cm³/mol. The van der Waals surface area contributed by atoms with Crippen molar-refractivity contribution < 1.29 is 0 Å². The Balaban J connectivity index is 2.42. The summed E-state index contributed by atoms with van der Waals surface area (Å²) in [7, 11) is 0. The minimum absolute atomic E-state index is 0.338. The number of hydrogen-bond donors (Lipinski definition) is 1. The molecule has 0 spiro atoms. The topological polar surface area (TPSA) is 24.9 Å². The average Bonchev–Trinajstić information content (AvgIpc) is 2.40. The van der Waals surface area contributed by atoms with Crippen LogP contribution in [0.15, 0.2) is 29.8 Å². The fourth-order valence-electron chi connectivity index (χ4n) is 2.21. The van der Waals surface area contributed by atoms with E-state index in [0.29, 0.717) is 11.2 Å². The van der Waals surface area contributed by atoms with Gasteiger partial charge in [-0.05, 0) is 45.0 Å². The summed E-state index contributed by atoms with van der Waals surface area (Å²) in [6, 6.07) is 8.69. The number of nitrogens with one attached hydrogen (secondary N) is 1. The van der Waals surface area contributed by atoms with Crippen molar-refractivity contribution >= 4 is 28.6 Å². The van der Waals surface area contributed by atoms with Gasteiger partial charge in [0.1, 0.15) is 5.15 Å². The van der Waals surface area contributed by atoms with Crippen LogP contribution in [0.1, 0.15) is 31.9 Å². The van der Waals surface area contributed by atoms with Crippen LogP contribution in [0, 0.1) is 6.92 Å². The second kappa shape index (κ2) is 6.38. The summed E-state index contributed by atoms with van der Waals surface area (Å²) in [4.78, 5) is 4.50. The van der Waals surface area contributed by atoms with Crippen LogP contribution in [0.2, 0.25) is 5.15 Å². The molecule has 1 heterocycles. The maximum Gasteiger partial charge on any atom is 0.136 e. The minimum atomic E-state index is 0.338. The molecule has 2 rings (SSSR count). The van der Waals surface area contributed by atoms with E-state index in [2.05, 4.69) is 68.3 Å². The third-order valence-corrected chi connectivity index (χ3v) is 3.83. The molecule has 20 heavy (non-hydrogen) atoms. The second-order valence-electron chi connectivity index (χ2n) is 5.23. The molecule has 0 aliphatic rings. The third kappa shape index (κ3) is 3.38. The fraction of sp³-hybridized carbons (Fsp3) is 0.353. The highest BCUT2D eigenvalue weighted by molar-refractivity contribution is 6.31. The number of likely N-dealkylation sites (N-methyl/N-ethyl adjacent to an activating group) is 1. The predicted octanol–water partition coefficient (Wildman–Crippen LogP) is 4.60. The summed E-state index contributed by atoms with van der Waals surface area (Å²) in [5.74, 6) is 0. The van der Waals surface area contributed by atoms with Gasteiger partial charge in [0, 0.05) is 17.0 Å². The lowest BCUT2D eigenvalue weighted by Crippen LogP contribution is -2.26. The molecule has 0 fully saturated rings. The zero-order valence-electron chi connectivity index (χ0n) is 12.5. The summed E-state index contributed by atoms with van der Waals surface area (Å²) in [5.41, 5.74) is 4.37. The molecular weight excluding hydrogens is 268 g/mol. The van der Waals surface area contributed by atoms with Gasteiger partial charge in [-0.15, -0.1) is 0 Å². The van der Waals surface area contributed by atoms with Crippen LogP contribution in [0.5, 0.6) is 0 Å². The first-order valence-electron chi connectivity index (χ1n) is 6.99. The smallest absolute Gasteiger partial charge is 0.136 e. The third-order valence-electron chi connectivity index (χ3n) is 3.53. The van der Waals surface area contributed by atoms with E-state index in [-0.39, 0.29) is 0 Å². The first-order chi connectivity index (χ1) is 9.51. The fourth-order valence-corrected chi connectivity index (χ4v) is 2.41. The molecule has 1 N–H and O–H groups in total. The maximum absolute atomic E-state index is 6.31. The maximum atomic E-state index is 6.31. The van der Waals surface area contributed by atoms with Crippen LogP contribution >= 0.6 is 11.6 Å². The first-order valence-corrected chi connectivity index (χ1v) is 7.37. The van der Waals surface area contributed by atoms with Gasteiger partial charge >= 0.3 is 0 Å². The molecule has 106 valence electrons. The van der Waals surface area contributed by atoms with Gasteiger partial charge in [-0.2, -0.15) is 0 Å². The monoisotopic (exact) mass is 288 g/mol. The van der Waals surface area contributed by atoms with Gasteiger partial charge in [0.2, 0.25) is 0 Å². The molecule has 0 radical (unpaired) electrons. The van der Waals surface area contributed by atoms with E-state index in [1.807, 2.05) is 0 Å². The van der Waals surface area contributed by atoms with Gasteiger partial charge in [-0.25, -0.2) is 4.98 Å². The largest absolute Gasteiger partial charge is 0.311 e. The molecule has 0 saturated carbocycles. The van der Waals surface area contributed by atoms with Gasteiger partial charge in [0.25, 0.3) is 0 Å². The lowest BCUT2D eigenvalue weighted by atomic mass is 10.1. The molecule has 0 aliphatic heterocycles. The van der Waals surface area contributed by atoms with Crippen LogP contribution < -0.4 is 5.32 Å². The zero-order chi connectivity index (χ0) is 14.7. The number of aromatic nitrogens is 1. The number of halogens is 1. The molecule has 3 heteroatoms. The molecule has 2 aromatic rings. The van der Waals surface area contributed by atoms with Crippen LogP contribution in [-0.4, -0.2) is 17.6 Å². The standard InChI is InChI=1S/C17H21ClN2/c1-5-19-13(4)12(3)9-15-10-14-7-6-11(2)8-16(14)20-17(15)18/h6-10,13,19H,5H2,1-4H3/b12-9+. The molecule has 0 bridgehead atoms. The number of fused-ring (bicyclic) bond motifs is 1. The lowest BCUT2D eigenvalue weighted by molar-refractivity contribution is 0.636. The average molecular weight is 289 g/mol. The van der Waals surface area contributed by atoms with E-state index >= 15 is 0 Å². The SMILES string of the molecule is CCNC(C)/C(C)=C/c1cc2ccc(C)cc2nc1Cl. The normalized spacial score (nSPS) is 13.8. The number of hydrogen-bond acceptors (Lipinski definition) is 2. The Hall–Kier alpha value is -1.38. The molecule has 0 saturated heterocycles. The molecule has 1 aromatic carbocycles. The molecule has 0 aliphatic carbocycles. The van der Waals surface area contributed by atoms with Crippen molar-refractivity contribution in [3.8, 4) is 0 Å². The quantitative estimate of drug-likeness (QED) is 0.832. The number of benzene rings is 1. The van der Waals surface area contributed by atoms with Crippen LogP contribution in [0.3, 0.4) is 0 Å². The Morgan fingerprint density at radius 2 is 2.15 bits per heavy atom. The molecule has 1 unspecified atom stereocenters. The number of nitrogens with zero attached hydrogens (tertiary/aromatic N) is 1. The van der Waals surface area contributed by atoms with Crippen molar-refractivity contribution in [3.63, 3.8) is 0 Å². The van der Waals surface area contributed by atoms with E-state index in [9.17, 15) is 0 Å². The Morgan fingerprint density at radius 1 is 1.40 bits per heavy atom. The van der Waals surface area contributed by atoms with Gasteiger partial charge in [-0.3, -0.25) is 0 Å². The van der Waals surface area contributed by atoms with Crippen LogP contribution in [-0.2, 0) is 0 Å². The summed E-state index contributed by atoms with van der Waals surface area (Å²) in [6.45, 7) is 9.39. The molecule has 1 aromatic heterocycles. The number of pyridine rings is 1.